The quantitative estimate of drug-likeness (QED) is 0.738. The lowest BCUT2D eigenvalue weighted by atomic mass is 10.1. The first-order valence-corrected chi connectivity index (χ1v) is 8.38. The lowest BCUT2D eigenvalue weighted by Crippen LogP contribution is -2.31. The van der Waals surface area contributed by atoms with Crippen LogP contribution in [0.4, 0.5) is 0 Å². The zero-order valence-electron chi connectivity index (χ0n) is 12.6. The number of fused-ring (bicyclic) bond motifs is 1. The molecule has 5 nitrogen and oxygen atoms in total. The molecule has 0 saturated heterocycles. The molecule has 1 unspecified atom stereocenters. The Bertz CT molecular complexity index is 641. The summed E-state index contributed by atoms with van der Waals surface area (Å²) in [6, 6.07) is 10.2. The van der Waals surface area contributed by atoms with Gasteiger partial charge < -0.3 is 10.6 Å². The molecule has 0 radical (unpaired) electrons. The molecule has 0 bridgehead atoms. The van der Waals surface area contributed by atoms with E-state index in [9.17, 15) is 4.79 Å². The number of aromatic amines is 1. The van der Waals surface area contributed by atoms with Crippen LogP contribution in [0.1, 0.15) is 28.7 Å². The highest BCUT2D eigenvalue weighted by atomic mass is 32.2. The molecule has 3 rings (SSSR count). The summed E-state index contributed by atoms with van der Waals surface area (Å²) < 4.78 is 0. The second kappa shape index (κ2) is 6.98. The number of benzene rings is 1. The van der Waals surface area contributed by atoms with Crippen LogP contribution in [0.5, 0.6) is 0 Å². The highest BCUT2D eigenvalue weighted by Crippen LogP contribution is 2.22. The van der Waals surface area contributed by atoms with Crippen molar-refractivity contribution in [2.24, 2.45) is 0 Å². The van der Waals surface area contributed by atoms with E-state index in [1.807, 2.05) is 18.2 Å². The SMILES string of the molecule is CC(CNC(=O)c1n[nH]c2c1CNCC2)Sc1ccccc1. The van der Waals surface area contributed by atoms with Crippen LogP contribution in [0, 0.1) is 0 Å². The topological polar surface area (TPSA) is 69.8 Å². The summed E-state index contributed by atoms with van der Waals surface area (Å²) in [5.74, 6) is -0.0956. The van der Waals surface area contributed by atoms with Crippen LogP contribution in [-0.4, -0.2) is 34.4 Å². The molecule has 0 fully saturated rings. The summed E-state index contributed by atoms with van der Waals surface area (Å²) in [5.41, 5.74) is 2.61. The summed E-state index contributed by atoms with van der Waals surface area (Å²) in [7, 11) is 0. The van der Waals surface area contributed by atoms with Crippen molar-refractivity contribution in [2.45, 2.75) is 30.0 Å². The smallest absolute Gasteiger partial charge is 0.272 e. The van der Waals surface area contributed by atoms with E-state index in [1.165, 1.54) is 4.90 Å². The van der Waals surface area contributed by atoms with Gasteiger partial charge in [0, 0.05) is 47.5 Å². The van der Waals surface area contributed by atoms with Gasteiger partial charge in [0.2, 0.25) is 0 Å². The van der Waals surface area contributed by atoms with Crippen molar-refractivity contribution in [2.75, 3.05) is 13.1 Å². The number of thioether (sulfide) groups is 1. The number of hydrogen-bond donors (Lipinski definition) is 3. The van der Waals surface area contributed by atoms with Crippen molar-refractivity contribution < 1.29 is 4.79 Å². The minimum atomic E-state index is -0.0956. The van der Waals surface area contributed by atoms with E-state index in [4.69, 9.17) is 0 Å². The Morgan fingerprint density at radius 1 is 1.41 bits per heavy atom. The third-order valence-electron chi connectivity index (χ3n) is 3.65. The highest BCUT2D eigenvalue weighted by Gasteiger charge is 2.21. The normalized spacial score (nSPS) is 15.1. The first-order valence-electron chi connectivity index (χ1n) is 7.51. The number of amides is 1. The molecule has 1 aromatic carbocycles. The lowest BCUT2D eigenvalue weighted by Gasteiger charge is -2.14. The number of nitrogens with zero attached hydrogens (tertiary/aromatic N) is 1. The number of hydrogen-bond acceptors (Lipinski definition) is 4. The van der Waals surface area contributed by atoms with Crippen molar-refractivity contribution in [3.63, 3.8) is 0 Å². The van der Waals surface area contributed by atoms with E-state index in [1.54, 1.807) is 11.8 Å². The van der Waals surface area contributed by atoms with Gasteiger partial charge in [-0.1, -0.05) is 25.1 Å². The van der Waals surface area contributed by atoms with Gasteiger partial charge in [-0.2, -0.15) is 5.10 Å². The van der Waals surface area contributed by atoms with Gasteiger partial charge in [0.15, 0.2) is 5.69 Å². The second-order valence-electron chi connectivity index (χ2n) is 5.41. The first-order chi connectivity index (χ1) is 10.7. The first kappa shape index (κ1) is 15.1. The van der Waals surface area contributed by atoms with Crippen LogP contribution in [0.3, 0.4) is 0 Å². The third-order valence-corrected chi connectivity index (χ3v) is 4.77. The van der Waals surface area contributed by atoms with E-state index in [2.05, 4.69) is 39.9 Å². The van der Waals surface area contributed by atoms with E-state index in [-0.39, 0.29) is 5.91 Å². The number of carbonyl (C=O) groups excluding carboxylic acids is 1. The van der Waals surface area contributed by atoms with E-state index in [0.717, 1.165) is 24.2 Å². The van der Waals surface area contributed by atoms with Crippen LogP contribution in [-0.2, 0) is 13.0 Å². The third kappa shape index (κ3) is 3.51. The predicted molar refractivity (Wildman–Crippen MR) is 88.1 cm³/mol. The monoisotopic (exact) mass is 316 g/mol. The van der Waals surface area contributed by atoms with Crippen LogP contribution in [0.15, 0.2) is 35.2 Å². The van der Waals surface area contributed by atoms with Crippen LogP contribution >= 0.6 is 11.8 Å². The molecular formula is C16H20N4OS. The van der Waals surface area contributed by atoms with Gasteiger partial charge in [0.25, 0.3) is 5.91 Å². The fourth-order valence-corrected chi connectivity index (χ4v) is 3.45. The Balaban J connectivity index is 1.55. The molecule has 22 heavy (non-hydrogen) atoms. The van der Waals surface area contributed by atoms with Crippen molar-refractivity contribution in [1.82, 2.24) is 20.8 Å². The molecule has 0 aliphatic carbocycles. The van der Waals surface area contributed by atoms with Crippen molar-refractivity contribution in [3.05, 3.63) is 47.3 Å². The van der Waals surface area contributed by atoms with Gasteiger partial charge in [-0.05, 0) is 12.1 Å². The molecule has 0 spiro atoms. The lowest BCUT2D eigenvalue weighted by molar-refractivity contribution is 0.0948. The molecule has 0 saturated carbocycles. The van der Waals surface area contributed by atoms with E-state index in [0.29, 0.717) is 24.0 Å². The van der Waals surface area contributed by atoms with E-state index < -0.39 is 0 Å². The summed E-state index contributed by atoms with van der Waals surface area (Å²) in [4.78, 5) is 13.5. The minimum absolute atomic E-state index is 0.0956. The fourth-order valence-electron chi connectivity index (χ4n) is 2.51. The minimum Gasteiger partial charge on any atom is -0.350 e. The summed E-state index contributed by atoms with van der Waals surface area (Å²) >= 11 is 1.76. The molecule has 1 atom stereocenters. The number of aromatic nitrogens is 2. The maximum atomic E-state index is 12.3. The number of H-pyrrole nitrogens is 1. The molecular weight excluding hydrogens is 296 g/mol. The molecule has 1 aromatic heterocycles. The predicted octanol–water partition coefficient (Wildman–Crippen LogP) is 1.97. The molecule has 1 amide bonds. The zero-order chi connectivity index (χ0) is 15.4. The highest BCUT2D eigenvalue weighted by molar-refractivity contribution is 8.00. The van der Waals surface area contributed by atoms with Crippen LogP contribution < -0.4 is 10.6 Å². The molecule has 116 valence electrons. The Morgan fingerprint density at radius 2 is 2.23 bits per heavy atom. The van der Waals surface area contributed by atoms with Gasteiger partial charge >= 0.3 is 0 Å². The van der Waals surface area contributed by atoms with Crippen LogP contribution in [0.25, 0.3) is 0 Å². The van der Waals surface area contributed by atoms with Crippen LogP contribution in [0.2, 0.25) is 0 Å². The number of rotatable bonds is 5. The Hall–Kier alpha value is -1.79. The second-order valence-corrected chi connectivity index (χ2v) is 6.92. The summed E-state index contributed by atoms with van der Waals surface area (Å²) in [6.07, 6.45) is 0.899. The largest absolute Gasteiger partial charge is 0.350 e. The molecule has 1 aliphatic heterocycles. The van der Waals surface area contributed by atoms with Crippen molar-refractivity contribution in [1.29, 1.82) is 0 Å². The number of carbonyl (C=O) groups is 1. The number of nitrogens with one attached hydrogen (secondary N) is 3. The Labute approximate surface area is 134 Å². The maximum absolute atomic E-state index is 12.3. The summed E-state index contributed by atoms with van der Waals surface area (Å²) in [5, 5.41) is 13.7. The van der Waals surface area contributed by atoms with Crippen molar-refractivity contribution in [3.8, 4) is 0 Å². The maximum Gasteiger partial charge on any atom is 0.272 e. The zero-order valence-corrected chi connectivity index (χ0v) is 13.4. The Morgan fingerprint density at radius 3 is 3.05 bits per heavy atom. The summed E-state index contributed by atoms with van der Waals surface area (Å²) in [6.45, 7) is 4.37. The van der Waals surface area contributed by atoms with Gasteiger partial charge in [-0.15, -0.1) is 11.8 Å². The molecule has 6 heteroatoms. The van der Waals surface area contributed by atoms with Gasteiger partial charge in [0.05, 0.1) is 0 Å². The van der Waals surface area contributed by atoms with Crippen molar-refractivity contribution >= 4 is 17.7 Å². The standard InChI is InChI=1S/C16H20N4OS/c1-11(22-12-5-3-2-4-6-12)9-18-16(21)15-13-10-17-8-7-14(13)19-20-15/h2-6,11,17H,7-10H2,1H3,(H,18,21)(H,19,20). The Kier molecular flexibility index (Phi) is 4.80. The fraction of sp³-hybridized carbons (Fsp3) is 0.375. The molecule has 1 aliphatic rings. The molecule has 3 N–H and O–H groups in total. The average Bonchev–Trinajstić information content (AvgIpc) is 2.98. The molecule has 2 heterocycles. The van der Waals surface area contributed by atoms with E-state index >= 15 is 0 Å². The average molecular weight is 316 g/mol. The molecule has 2 aromatic rings. The van der Waals surface area contributed by atoms with Gasteiger partial charge in [0.1, 0.15) is 0 Å². The van der Waals surface area contributed by atoms with Gasteiger partial charge in [-0.25, -0.2) is 0 Å². The van der Waals surface area contributed by atoms with Gasteiger partial charge in [-0.3, -0.25) is 9.89 Å².